The van der Waals surface area contributed by atoms with E-state index in [0.29, 0.717) is 6.42 Å². The van der Waals surface area contributed by atoms with Crippen LogP contribution < -0.4 is 0 Å². The Bertz CT molecular complexity index is 313. The van der Waals surface area contributed by atoms with Gasteiger partial charge in [0.15, 0.2) is 11.5 Å². The Balaban J connectivity index is 2.42. The maximum Gasteiger partial charge on any atom is 0.253 e. The summed E-state index contributed by atoms with van der Waals surface area (Å²) < 4.78 is 0.944. The summed E-state index contributed by atoms with van der Waals surface area (Å²) in [4.78, 5) is 5.36. The van der Waals surface area contributed by atoms with Gasteiger partial charge in [-0.15, -0.1) is 5.06 Å². The lowest BCUT2D eigenvalue weighted by atomic mass is 10.1. The molecule has 1 fully saturated rings. The Hall–Kier alpha value is -0.650. The van der Waals surface area contributed by atoms with Crippen LogP contribution in [0.5, 0.6) is 0 Å². The van der Waals surface area contributed by atoms with Crippen molar-refractivity contribution in [3.8, 4) is 0 Å². The summed E-state index contributed by atoms with van der Waals surface area (Å²) in [5, 5.41) is 23.2. The van der Waals surface area contributed by atoms with Gasteiger partial charge in [0.25, 0.3) is 5.66 Å². The van der Waals surface area contributed by atoms with Crippen LogP contribution in [0, 0.1) is 5.21 Å². The number of hydrogen-bond acceptors (Lipinski definition) is 4. The van der Waals surface area contributed by atoms with Crippen molar-refractivity contribution in [3.63, 3.8) is 0 Å². The van der Waals surface area contributed by atoms with E-state index in [2.05, 4.69) is 0 Å². The second kappa shape index (κ2) is 2.48. The molecule has 1 saturated heterocycles. The summed E-state index contributed by atoms with van der Waals surface area (Å²) in [5.41, 5.74) is -0.0319. The molecule has 0 unspecified atom stereocenters. The van der Waals surface area contributed by atoms with Crippen molar-refractivity contribution in [2.75, 3.05) is 0 Å². The van der Waals surface area contributed by atoms with E-state index < -0.39 is 11.4 Å². The topological polar surface area (TPSA) is 58.8 Å². The molecular formula is C9H16N2O3. The molecular weight excluding hydrogens is 184 g/mol. The quantitative estimate of drug-likeness (QED) is 0.455. The number of hydrogen-bond donors (Lipinski definition) is 1. The van der Waals surface area contributed by atoms with E-state index in [1.807, 2.05) is 6.92 Å². The maximum atomic E-state index is 11.9. The van der Waals surface area contributed by atoms with E-state index in [9.17, 15) is 10.3 Å². The number of nitrogens with zero attached hydrogens (tertiary/aromatic N) is 2. The van der Waals surface area contributed by atoms with Crippen LogP contribution in [0.2, 0.25) is 0 Å². The molecule has 2 aliphatic rings. The standard InChI is InChI=1S/C9H16N2O3/c1-6-7(2)11-8(3,10(6)13)5-9(4,12)14-11/h7,12H,5H2,1-4H3/t7-,8+,9+/m1/s1. The van der Waals surface area contributed by atoms with Crippen molar-refractivity contribution < 1.29 is 14.7 Å². The van der Waals surface area contributed by atoms with Crippen molar-refractivity contribution >= 4 is 5.71 Å². The predicted octanol–water partition coefficient (Wildman–Crippen LogP) is 0.422. The first kappa shape index (κ1) is 9.89. The Morgan fingerprint density at radius 3 is 2.71 bits per heavy atom. The normalized spacial score (nSPS) is 48.8. The summed E-state index contributed by atoms with van der Waals surface area (Å²) in [6, 6.07) is -0.0773. The first-order valence-corrected chi connectivity index (χ1v) is 4.80. The molecule has 0 aromatic heterocycles. The molecule has 14 heavy (non-hydrogen) atoms. The highest BCUT2D eigenvalue weighted by Gasteiger charge is 2.62. The van der Waals surface area contributed by atoms with Crippen molar-refractivity contribution in [2.45, 2.75) is 51.6 Å². The number of aliphatic hydroxyl groups is 1. The third kappa shape index (κ3) is 1.03. The number of fused-ring (bicyclic) bond motifs is 1. The SMILES string of the molecule is CC1=[N+]([O-])[C@]2(C)C[C@@](C)(O)ON2[C@@H]1C. The molecule has 5 nitrogen and oxygen atoms in total. The van der Waals surface area contributed by atoms with Crippen LogP contribution >= 0.6 is 0 Å². The molecule has 0 amide bonds. The lowest BCUT2D eigenvalue weighted by Crippen LogP contribution is -2.44. The molecule has 0 bridgehead atoms. The summed E-state index contributed by atoms with van der Waals surface area (Å²) in [7, 11) is 0. The summed E-state index contributed by atoms with van der Waals surface area (Å²) in [5.74, 6) is -1.23. The highest BCUT2D eigenvalue weighted by atomic mass is 16.8. The zero-order chi connectivity index (χ0) is 10.7. The second-order valence-corrected chi connectivity index (χ2v) is 4.60. The van der Waals surface area contributed by atoms with E-state index in [4.69, 9.17) is 4.84 Å². The minimum Gasteiger partial charge on any atom is -0.622 e. The van der Waals surface area contributed by atoms with Gasteiger partial charge >= 0.3 is 0 Å². The van der Waals surface area contributed by atoms with Gasteiger partial charge in [-0.05, 0) is 13.8 Å². The monoisotopic (exact) mass is 200 g/mol. The Morgan fingerprint density at radius 1 is 1.64 bits per heavy atom. The lowest BCUT2D eigenvalue weighted by molar-refractivity contribution is -0.572. The fourth-order valence-corrected chi connectivity index (χ4v) is 2.42. The van der Waals surface area contributed by atoms with E-state index >= 15 is 0 Å². The molecule has 0 aromatic rings. The first-order chi connectivity index (χ1) is 6.28. The van der Waals surface area contributed by atoms with Gasteiger partial charge in [-0.3, -0.25) is 4.84 Å². The largest absolute Gasteiger partial charge is 0.622 e. The van der Waals surface area contributed by atoms with E-state index in [0.717, 1.165) is 10.5 Å². The molecule has 0 radical (unpaired) electrons. The summed E-state index contributed by atoms with van der Waals surface area (Å²) in [6.45, 7) is 7.05. The van der Waals surface area contributed by atoms with E-state index in [-0.39, 0.29) is 6.04 Å². The van der Waals surface area contributed by atoms with Crippen molar-refractivity contribution in [1.82, 2.24) is 5.06 Å². The molecule has 5 heteroatoms. The molecule has 0 spiro atoms. The Morgan fingerprint density at radius 2 is 2.21 bits per heavy atom. The lowest BCUT2D eigenvalue weighted by Gasteiger charge is -2.23. The average molecular weight is 200 g/mol. The van der Waals surface area contributed by atoms with Gasteiger partial charge in [0.2, 0.25) is 0 Å². The fraction of sp³-hybridized carbons (Fsp3) is 0.889. The van der Waals surface area contributed by atoms with Crippen LogP contribution in [-0.4, -0.2) is 38.1 Å². The van der Waals surface area contributed by atoms with Gasteiger partial charge in [0, 0.05) is 13.8 Å². The molecule has 80 valence electrons. The smallest absolute Gasteiger partial charge is 0.253 e. The summed E-state index contributed by atoms with van der Waals surface area (Å²) >= 11 is 0. The molecule has 0 saturated carbocycles. The zero-order valence-electron chi connectivity index (χ0n) is 8.94. The molecule has 2 aliphatic heterocycles. The third-order valence-electron chi connectivity index (χ3n) is 3.15. The molecule has 2 rings (SSSR count). The van der Waals surface area contributed by atoms with E-state index in [1.54, 1.807) is 25.8 Å². The minimum atomic E-state index is -1.23. The summed E-state index contributed by atoms with van der Waals surface area (Å²) in [6.07, 6.45) is 0.297. The average Bonchev–Trinajstić information content (AvgIpc) is 2.39. The van der Waals surface area contributed by atoms with Crippen LogP contribution in [0.15, 0.2) is 0 Å². The van der Waals surface area contributed by atoms with Gasteiger partial charge in [0.05, 0.1) is 6.42 Å². The highest BCUT2D eigenvalue weighted by Crippen LogP contribution is 2.42. The Kier molecular flexibility index (Phi) is 1.75. The Labute approximate surface area is 83.1 Å². The van der Waals surface area contributed by atoms with Gasteiger partial charge in [-0.2, -0.15) is 4.74 Å². The van der Waals surface area contributed by atoms with Gasteiger partial charge < -0.3 is 10.3 Å². The molecule has 1 N–H and O–H groups in total. The number of hydroxylamine groups is 3. The first-order valence-electron chi connectivity index (χ1n) is 4.80. The minimum absolute atomic E-state index is 0.0773. The van der Waals surface area contributed by atoms with Crippen molar-refractivity contribution in [3.05, 3.63) is 5.21 Å². The third-order valence-corrected chi connectivity index (χ3v) is 3.15. The van der Waals surface area contributed by atoms with Crippen LogP contribution in [-0.2, 0) is 4.84 Å². The molecule has 0 aliphatic carbocycles. The fourth-order valence-electron chi connectivity index (χ4n) is 2.42. The van der Waals surface area contributed by atoms with Crippen LogP contribution in [0.1, 0.15) is 34.1 Å². The number of rotatable bonds is 0. The van der Waals surface area contributed by atoms with Crippen molar-refractivity contribution in [1.29, 1.82) is 0 Å². The van der Waals surface area contributed by atoms with Crippen LogP contribution in [0.4, 0.5) is 0 Å². The van der Waals surface area contributed by atoms with E-state index in [1.165, 1.54) is 0 Å². The van der Waals surface area contributed by atoms with Gasteiger partial charge in [-0.25, -0.2) is 0 Å². The predicted molar refractivity (Wildman–Crippen MR) is 50.3 cm³/mol. The molecule has 2 heterocycles. The highest BCUT2D eigenvalue weighted by molar-refractivity contribution is 5.83. The van der Waals surface area contributed by atoms with Crippen LogP contribution in [0.25, 0.3) is 0 Å². The van der Waals surface area contributed by atoms with Gasteiger partial charge in [-0.1, -0.05) is 0 Å². The van der Waals surface area contributed by atoms with Crippen LogP contribution in [0.3, 0.4) is 0 Å². The second-order valence-electron chi connectivity index (χ2n) is 4.60. The van der Waals surface area contributed by atoms with Gasteiger partial charge in [0.1, 0.15) is 6.04 Å². The maximum absolute atomic E-state index is 11.9. The molecule has 3 atom stereocenters. The van der Waals surface area contributed by atoms with Crippen molar-refractivity contribution in [2.24, 2.45) is 0 Å². The molecule has 0 aromatic carbocycles. The zero-order valence-corrected chi connectivity index (χ0v) is 8.94.